The van der Waals surface area contributed by atoms with Gasteiger partial charge in [0.25, 0.3) is 0 Å². The van der Waals surface area contributed by atoms with Crippen LogP contribution in [0.15, 0.2) is 128 Å². The maximum Gasteiger partial charge on any atom is 0.356 e. The van der Waals surface area contributed by atoms with E-state index in [2.05, 4.69) is 72.6 Å². The zero-order valence-electron chi connectivity index (χ0n) is 25.8. The van der Waals surface area contributed by atoms with Crippen molar-refractivity contribution < 1.29 is 80.6 Å². The van der Waals surface area contributed by atoms with Gasteiger partial charge in [0.05, 0.1) is 11.5 Å². The van der Waals surface area contributed by atoms with E-state index in [-0.39, 0.29) is 16.8 Å². The van der Waals surface area contributed by atoms with Crippen LogP contribution in [-0.4, -0.2) is 55.1 Å². The standard InChI is InChI=1S/C12H10.C6H7O3P.2C3H7O3P.C2H5O3P.H4O5P2/c1-3-7-11(8-4-1)12-9-5-2-6-10-12;7-10(8,9)6-4-2-1-3-5-6;1-3(2)7(4,5)6;1-2-3-7(4,5)6;1-2-6(3,4)5;1-6(2)5-7(3)4/h1-10H;1-5H,(H2,7,8,9);1H2,2H3,(H2,4,5,6);2H,1,3H2,(H2,4,5,6);2H,1H2,(H2,3,4,5);6-7H,(H,1,2)(H,3,4). The van der Waals surface area contributed by atoms with Gasteiger partial charge in [0.15, 0.2) is 0 Å². The number of hydrogen-bond acceptors (Lipinski definition) is 7. The number of benzene rings is 3. The number of rotatable bonds is 8. The Hall–Kier alpha value is -2.18. The Morgan fingerprint density at radius 3 is 1.08 bits per heavy atom. The van der Waals surface area contributed by atoms with Gasteiger partial charge in [-0.2, -0.15) is 0 Å². The van der Waals surface area contributed by atoms with Crippen LogP contribution in [0.1, 0.15) is 6.92 Å². The van der Waals surface area contributed by atoms with Crippen LogP contribution >= 0.6 is 46.9 Å². The van der Waals surface area contributed by atoms with Crippen molar-refractivity contribution in [2.75, 3.05) is 6.16 Å². The van der Waals surface area contributed by atoms with Crippen LogP contribution in [-0.2, 0) is 31.7 Å². The Labute approximate surface area is 284 Å². The lowest BCUT2D eigenvalue weighted by molar-refractivity contribution is 0.370. The number of hydrogen-bond donors (Lipinski definition) is 10. The molecule has 10 N–H and O–H groups in total. The average Bonchev–Trinajstić information content (AvgIpc) is 2.98. The zero-order chi connectivity index (χ0) is 38.9. The van der Waals surface area contributed by atoms with E-state index in [0.717, 1.165) is 0 Å². The first kappa shape index (κ1) is 51.2. The summed E-state index contributed by atoms with van der Waals surface area (Å²) in [5.74, 6) is 0.604. The molecule has 3 rings (SSSR count). The van der Waals surface area contributed by atoms with E-state index in [4.69, 9.17) is 48.9 Å². The molecule has 3 aromatic carbocycles. The van der Waals surface area contributed by atoms with Crippen molar-refractivity contribution in [2.24, 2.45) is 0 Å². The average molecular weight is 810 g/mol. The predicted molar refractivity (Wildman–Crippen MR) is 190 cm³/mol. The van der Waals surface area contributed by atoms with Crippen LogP contribution in [0.3, 0.4) is 0 Å². The molecule has 3 aromatic rings. The summed E-state index contributed by atoms with van der Waals surface area (Å²) in [6, 6.07) is 28.5. The molecule has 0 amide bonds. The summed E-state index contributed by atoms with van der Waals surface area (Å²) in [6.07, 6.45) is 0.966. The van der Waals surface area contributed by atoms with Gasteiger partial charge in [0.2, 0.25) is 0 Å². The van der Waals surface area contributed by atoms with Gasteiger partial charge in [-0.25, -0.2) is 4.31 Å². The molecule has 0 radical (unpaired) electrons. The molecular formula is C26H40O17P6. The van der Waals surface area contributed by atoms with E-state index in [1.807, 2.05) is 12.1 Å². The van der Waals surface area contributed by atoms with Gasteiger partial charge in [-0.1, -0.05) is 98.1 Å². The molecule has 0 spiro atoms. The van der Waals surface area contributed by atoms with Crippen molar-refractivity contribution in [3.05, 3.63) is 128 Å². The summed E-state index contributed by atoms with van der Waals surface area (Å²) >= 11 is 0. The van der Waals surface area contributed by atoms with E-state index in [0.29, 0.717) is 5.82 Å². The first-order valence-electron chi connectivity index (χ1n) is 12.7. The maximum absolute atomic E-state index is 10.5. The highest BCUT2D eigenvalue weighted by Crippen LogP contribution is 2.42. The summed E-state index contributed by atoms with van der Waals surface area (Å²) in [5, 5.41) is -0.0255. The zero-order valence-corrected chi connectivity index (χ0v) is 31.3. The molecule has 0 aromatic heterocycles. The van der Waals surface area contributed by atoms with E-state index >= 15 is 0 Å². The smallest absolute Gasteiger partial charge is 0.326 e. The van der Waals surface area contributed by atoms with Gasteiger partial charge in [0, 0.05) is 11.1 Å². The normalized spacial score (nSPS) is 11.9. The van der Waals surface area contributed by atoms with Crippen LogP contribution in [0.25, 0.3) is 11.1 Å². The fourth-order valence-electron chi connectivity index (χ4n) is 2.13. The van der Waals surface area contributed by atoms with E-state index in [1.54, 1.807) is 18.2 Å². The lowest BCUT2D eigenvalue weighted by Gasteiger charge is -2.00. The minimum atomic E-state index is -4.02. The Morgan fingerprint density at radius 1 is 0.673 bits per heavy atom. The monoisotopic (exact) mass is 810 g/mol. The molecule has 23 heteroatoms. The van der Waals surface area contributed by atoms with Crippen molar-refractivity contribution in [1.82, 2.24) is 0 Å². The fourth-order valence-corrected chi connectivity index (χ4v) is 3.62. The molecule has 0 bridgehead atoms. The van der Waals surface area contributed by atoms with Crippen LogP contribution in [0.2, 0.25) is 0 Å². The third-order valence-corrected chi connectivity index (χ3v) is 8.82. The molecule has 2 atom stereocenters. The lowest BCUT2D eigenvalue weighted by atomic mass is 10.1. The first-order valence-corrected chi connectivity index (χ1v) is 21.9. The molecule has 0 saturated heterocycles. The van der Waals surface area contributed by atoms with Crippen molar-refractivity contribution in [2.45, 2.75) is 6.92 Å². The SMILES string of the molecule is C=C(C)P(=O)(O)O.C=CCP(=O)(O)O.C=CP(=O)(O)O.O=P(O)(O)c1ccccc1.O=[PH](O)O[PH](=O)O.c1ccc(-c2ccccc2)cc1. The summed E-state index contributed by atoms with van der Waals surface area (Å²) in [5.41, 5.74) is 2.55. The second-order valence-electron chi connectivity index (χ2n) is 8.43. The number of allylic oxidation sites excluding steroid dienone is 2. The fraction of sp³-hybridized carbons (Fsp3) is 0.0769. The highest BCUT2D eigenvalue weighted by atomic mass is 31.2. The Kier molecular flexibility index (Phi) is 27.8. The molecule has 276 valence electrons. The largest absolute Gasteiger partial charge is 0.356 e. The molecule has 0 saturated carbocycles. The Balaban J connectivity index is -0.000000530. The van der Waals surface area contributed by atoms with Crippen molar-refractivity contribution in [3.63, 3.8) is 0 Å². The van der Waals surface area contributed by atoms with Crippen LogP contribution in [0.5, 0.6) is 0 Å². The van der Waals surface area contributed by atoms with Gasteiger partial charge >= 0.3 is 46.9 Å². The molecule has 0 fully saturated rings. The quantitative estimate of drug-likeness (QED) is 0.106. The van der Waals surface area contributed by atoms with E-state index < -0.39 is 46.9 Å². The summed E-state index contributed by atoms with van der Waals surface area (Å²) in [4.78, 5) is 80.6. The molecular weight excluding hydrogens is 770 g/mol. The van der Waals surface area contributed by atoms with Crippen LogP contribution in [0, 0.1) is 0 Å². The van der Waals surface area contributed by atoms with Crippen molar-refractivity contribution >= 4 is 52.2 Å². The molecule has 17 nitrogen and oxygen atoms in total. The third kappa shape index (κ3) is 36.9. The Bertz CT molecular complexity index is 1560. The molecule has 49 heavy (non-hydrogen) atoms. The van der Waals surface area contributed by atoms with Gasteiger partial charge in [-0.05, 0) is 30.2 Å². The van der Waals surface area contributed by atoms with Crippen molar-refractivity contribution in [1.29, 1.82) is 0 Å². The maximum atomic E-state index is 10.5. The molecule has 2 unspecified atom stereocenters. The van der Waals surface area contributed by atoms with Gasteiger partial charge in [0.1, 0.15) is 0 Å². The second-order valence-corrected chi connectivity index (χ2v) is 17.0. The molecule has 0 aliphatic heterocycles. The van der Waals surface area contributed by atoms with E-state index in [1.165, 1.54) is 36.3 Å². The first-order chi connectivity index (χ1) is 22.3. The third-order valence-electron chi connectivity index (χ3n) is 4.25. The summed E-state index contributed by atoms with van der Waals surface area (Å²) < 4.78 is 62.2. The van der Waals surface area contributed by atoms with Gasteiger partial charge in [-0.15, -0.1) is 6.58 Å². The minimum absolute atomic E-state index is 0.0648. The van der Waals surface area contributed by atoms with Crippen molar-refractivity contribution in [3.8, 4) is 11.1 Å². The highest BCUT2D eigenvalue weighted by Gasteiger charge is 2.14. The van der Waals surface area contributed by atoms with Gasteiger partial charge < -0.3 is 48.9 Å². The van der Waals surface area contributed by atoms with Gasteiger partial charge in [-0.3, -0.25) is 27.4 Å². The molecule has 0 aliphatic carbocycles. The Morgan fingerprint density at radius 2 is 0.959 bits per heavy atom. The van der Waals surface area contributed by atoms with Crippen LogP contribution in [0.4, 0.5) is 0 Å². The molecule has 0 aliphatic rings. The lowest BCUT2D eigenvalue weighted by Crippen LogP contribution is -2.01. The predicted octanol–water partition coefficient (Wildman–Crippen LogP) is 4.97. The summed E-state index contributed by atoms with van der Waals surface area (Å²) in [6.45, 7) is 10.4. The topological polar surface area (TPSA) is 314 Å². The van der Waals surface area contributed by atoms with Crippen LogP contribution < -0.4 is 5.30 Å². The summed E-state index contributed by atoms with van der Waals surface area (Å²) in [7, 11) is -22.0. The molecule has 0 heterocycles. The minimum Gasteiger partial charge on any atom is -0.326 e. The second kappa shape index (κ2) is 26.6. The van der Waals surface area contributed by atoms with E-state index in [9.17, 15) is 27.4 Å². The highest BCUT2D eigenvalue weighted by molar-refractivity contribution is 7.60.